The van der Waals surface area contributed by atoms with E-state index < -0.39 is 10.0 Å². The SMILES string of the molecule is Cc1ccc(OCCNS(=O)(=O)Cc2ccccc2Cl)c(C)c1. The lowest BCUT2D eigenvalue weighted by molar-refractivity contribution is 0.320. The number of ether oxygens (including phenoxy) is 1. The third-order valence-corrected chi connectivity index (χ3v) is 5.02. The zero-order valence-corrected chi connectivity index (χ0v) is 14.7. The normalized spacial score (nSPS) is 11.4. The third kappa shape index (κ3) is 5.53. The van der Waals surface area contributed by atoms with Gasteiger partial charge in [-0.3, -0.25) is 0 Å². The van der Waals surface area contributed by atoms with Crippen LogP contribution in [0, 0.1) is 13.8 Å². The molecular weight excluding hydrogens is 334 g/mol. The summed E-state index contributed by atoms with van der Waals surface area (Å²) < 4.78 is 32.2. The van der Waals surface area contributed by atoms with Gasteiger partial charge in [0.2, 0.25) is 10.0 Å². The Bertz CT molecular complexity index is 775. The minimum atomic E-state index is -3.44. The number of halogens is 1. The standard InChI is InChI=1S/C17H20ClNO3S/c1-13-7-8-17(14(2)11-13)22-10-9-19-23(20,21)12-15-5-3-4-6-16(15)18/h3-8,11,19H,9-10,12H2,1-2H3. The topological polar surface area (TPSA) is 55.4 Å². The van der Waals surface area contributed by atoms with Gasteiger partial charge >= 0.3 is 0 Å². The van der Waals surface area contributed by atoms with Crippen molar-refractivity contribution in [3.8, 4) is 5.75 Å². The molecule has 0 bridgehead atoms. The predicted molar refractivity (Wildman–Crippen MR) is 93.5 cm³/mol. The Morgan fingerprint density at radius 3 is 2.57 bits per heavy atom. The Morgan fingerprint density at radius 2 is 1.87 bits per heavy atom. The van der Waals surface area contributed by atoms with Crippen molar-refractivity contribution in [2.75, 3.05) is 13.2 Å². The van der Waals surface area contributed by atoms with E-state index in [0.717, 1.165) is 16.9 Å². The molecule has 0 aromatic heterocycles. The summed E-state index contributed by atoms with van der Waals surface area (Å²) >= 11 is 5.98. The molecule has 0 amide bonds. The van der Waals surface area contributed by atoms with Crippen LogP contribution >= 0.6 is 11.6 Å². The van der Waals surface area contributed by atoms with Crippen molar-refractivity contribution in [2.24, 2.45) is 0 Å². The second kappa shape index (κ2) is 7.81. The number of hydrogen-bond donors (Lipinski definition) is 1. The Hall–Kier alpha value is -1.56. The van der Waals surface area contributed by atoms with Gasteiger partial charge in [0.05, 0.1) is 5.75 Å². The summed E-state index contributed by atoms with van der Waals surface area (Å²) in [5, 5.41) is 0.449. The second-order valence-corrected chi connectivity index (χ2v) is 7.58. The second-order valence-electron chi connectivity index (χ2n) is 5.36. The van der Waals surface area contributed by atoms with Crippen LogP contribution < -0.4 is 9.46 Å². The molecule has 23 heavy (non-hydrogen) atoms. The molecule has 2 aromatic rings. The van der Waals surface area contributed by atoms with Gasteiger partial charge < -0.3 is 4.74 Å². The average molecular weight is 354 g/mol. The first kappa shape index (κ1) is 17.8. The van der Waals surface area contributed by atoms with E-state index in [1.165, 1.54) is 0 Å². The molecule has 6 heteroatoms. The maximum absolute atomic E-state index is 12.0. The fourth-order valence-corrected chi connectivity index (χ4v) is 3.63. The highest BCUT2D eigenvalue weighted by molar-refractivity contribution is 7.88. The summed E-state index contributed by atoms with van der Waals surface area (Å²) in [7, 11) is -3.44. The molecule has 0 aliphatic carbocycles. The number of hydrogen-bond acceptors (Lipinski definition) is 3. The first-order chi connectivity index (χ1) is 10.9. The molecule has 2 aromatic carbocycles. The van der Waals surface area contributed by atoms with E-state index in [0.29, 0.717) is 10.6 Å². The molecule has 0 aliphatic rings. The number of rotatable bonds is 7. The Morgan fingerprint density at radius 1 is 1.13 bits per heavy atom. The Kier molecular flexibility index (Phi) is 6.04. The lowest BCUT2D eigenvalue weighted by atomic mass is 10.1. The number of nitrogens with one attached hydrogen (secondary N) is 1. The van der Waals surface area contributed by atoms with E-state index in [1.807, 2.05) is 32.0 Å². The fourth-order valence-electron chi connectivity index (χ4n) is 2.19. The molecule has 4 nitrogen and oxygen atoms in total. The van der Waals surface area contributed by atoms with Crippen molar-refractivity contribution in [2.45, 2.75) is 19.6 Å². The molecule has 0 radical (unpaired) electrons. The molecule has 0 atom stereocenters. The van der Waals surface area contributed by atoms with E-state index in [-0.39, 0.29) is 18.9 Å². The minimum absolute atomic E-state index is 0.143. The number of benzene rings is 2. The largest absolute Gasteiger partial charge is 0.492 e. The van der Waals surface area contributed by atoms with Gasteiger partial charge in [0.15, 0.2) is 0 Å². The van der Waals surface area contributed by atoms with Crippen molar-refractivity contribution < 1.29 is 13.2 Å². The molecule has 0 unspecified atom stereocenters. The van der Waals surface area contributed by atoms with Gasteiger partial charge in [0.25, 0.3) is 0 Å². The minimum Gasteiger partial charge on any atom is -0.492 e. The molecule has 124 valence electrons. The van der Waals surface area contributed by atoms with Gasteiger partial charge in [-0.2, -0.15) is 0 Å². The summed E-state index contributed by atoms with van der Waals surface area (Å²) in [5.41, 5.74) is 2.77. The first-order valence-corrected chi connectivity index (χ1v) is 9.31. The van der Waals surface area contributed by atoms with E-state index in [2.05, 4.69) is 4.72 Å². The van der Waals surface area contributed by atoms with Crippen LogP contribution in [0.1, 0.15) is 16.7 Å². The number of aryl methyl sites for hydroxylation is 2. The Labute approximate surface area is 142 Å². The van der Waals surface area contributed by atoms with Crippen molar-refractivity contribution in [3.63, 3.8) is 0 Å². The van der Waals surface area contributed by atoms with Gasteiger partial charge in [-0.05, 0) is 37.1 Å². The van der Waals surface area contributed by atoms with Crippen LogP contribution in [0.15, 0.2) is 42.5 Å². The molecule has 0 heterocycles. The van der Waals surface area contributed by atoms with Crippen molar-refractivity contribution in [3.05, 3.63) is 64.2 Å². The van der Waals surface area contributed by atoms with Gasteiger partial charge in [0.1, 0.15) is 12.4 Å². The van der Waals surface area contributed by atoms with Crippen LogP contribution in [-0.4, -0.2) is 21.6 Å². The Balaban J connectivity index is 1.84. The van der Waals surface area contributed by atoms with Gasteiger partial charge in [-0.25, -0.2) is 13.1 Å². The highest BCUT2D eigenvalue weighted by Crippen LogP contribution is 2.19. The first-order valence-electron chi connectivity index (χ1n) is 7.28. The summed E-state index contributed by atoms with van der Waals surface area (Å²) in [5.74, 6) is 0.622. The highest BCUT2D eigenvalue weighted by Gasteiger charge is 2.13. The van der Waals surface area contributed by atoms with E-state index >= 15 is 0 Å². The van der Waals surface area contributed by atoms with Crippen LogP contribution in [0.3, 0.4) is 0 Å². The highest BCUT2D eigenvalue weighted by atomic mass is 35.5. The van der Waals surface area contributed by atoms with Crippen molar-refractivity contribution >= 4 is 21.6 Å². The summed E-state index contributed by atoms with van der Waals surface area (Å²) in [4.78, 5) is 0. The van der Waals surface area contributed by atoms with Crippen LogP contribution in [0.2, 0.25) is 5.02 Å². The molecule has 0 aliphatic heterocycles. The number of sulfonamides is 1. The fraction of sp³-hybridized carbons (Fsp3) is 0.294. The lowest BCUT2D eigenvalue weighted by Crippen LogP contribution is -2.29. The van der Waals surface area contributed by atoms with Crippen LogP contribution in [0.25, 0.3) is 0 Å². The van der Waals surface area contributed by atoms with Crippen molar-refractivity contribution in [1.82, 2.24) is 4.72 Å². The summed E-state index contributed by atoms with van der Waals surface area (Å²) in [6, 6.07) is 12.8. The maximum atomic E-state index is 12.0. The van der Waals surface area contributed by atoms with Crippen LogP contribution in [-0.2, 0) is 15.8 Å². The predicted octanol–water partition coefficient (Wildman–Crippen LogP) is 3.46. The van der Waals surface area contributed by atoms with Gasteiger partial charge in [0, 0.05) is 11.6 Å². The summed E-state index contributed by atoms with van der Waals surface area (Å²) in [6.45, 7) is 4.45. The van der Waals surface area contributed by atoms with Crippen molar-refractivity contribution in [1.29, 1.82) is 0 Å². The lowest BCUT2D eigenvalue weighted by Gasteiger charge is -2.11. The summed E-state index contributed by atoms with van der Waals surface area (Å²) in [6.07, 6.45) is 0. The van der Waals surface area contributed by atoms with E-state index in [4.69, 9.17) is 16.3 Å². The zero-order chi connectivity index (χ0) is 16.9. The molecule has 0 saturated heterocycles. The van der Waals surface area contributed by atoms with E-state index in [9.17, 15) is 8.42 Å². The molecule has 1 N–H and O–H groups in total. The molecule has 0 saturated carbocycles. The zero-order valence-electron chi connectivity index (χ0n) is 13.2. The molecule has 0 fully saturated rings. The monoisotopic (exact) mass is 353 g/mol. The van der Waals surface area contributed by atoms with Gasteiger partial charge in [-0.15, -0.1) is 0 Å². The smallest absolute Gasteiger partial charge is 0.215 e. The molecule has 2 rings (SSSR count). The average Bonchev–Trinajstić information content (AvgIpc) is 2.47. The molecular formula is C17H20ClNO3S. The maximum Gasteiger partial charge on any atom is 0.215 e. The van der Waals surface area contributed by atoms with E-state index in [1.54, 1.807) is 24.3 Å². The van der Waals surface area contributed by atoms with Gasteiger partial charge in [-0.1, -0.05) is 47.5 Å². The molecule has 0 spiro atoms. The van der Waals surface area contributed by atoms with Crippen LogP contribution in [0.4, 0.5) is 0 Å². The van der Waals surface area contributed by atoms with Crippen LogP contribution in [0.5, 0.6) is 5.75 Å². The quantitative estimate of drug-likeness (QED) is 0.775. The third-order valence-electron chi connectivity index (χ3n) is 3.32.